The Morgan fingerprint density at radius 1 is 1.20 bits per heavy atom. The van der Waals surface area contributed by atoms with Crippen LogP contribution in [0.2, 0.25) is 0 Å². The van der Waals surface area contributed by atoms with Crippen molar-refractivity contribution in [2.45, 2.75) is 56.7 Å². The summed E-state index contributed by atoms with van der Waals surface area (Å²) in [6.07, 6.45) is 3.11. The number of amides is 2. The molecular formula is C12H21N3O5. The number of urea groups is 1. The Morgan fingerprint density at radius 3 is 2.40 bits per heavy atom. The van der Waals surface area contributed by atoms with E-state index in [4.69, 9.17) is 15.9 Å². The van der Waals surface area contributed by atoms with E-state index in [0.29, 0.717) is 0 Å². The van der Waals surface area contributed by atoms with Gasteiger partial charge in [0.1, 0.15) is 6.04 Å². The van der Waals surface area contributed by atoms with Crippen molar-refractivity contribution in [3.8, 4) is 0 Å². The zero-order valence-electron chi connectivity index (χ0n) is 11.2. The minimum absolute atomic E-state index is 0.128. The van der Waals surface area contributed by atoms with E-state index in [1.807, 2.05) is 0 Å². The van der Waals surface area contributed by atoms with Crippen LogP contribution in [0.3, 0.4) is 0 Å². The molecule has 6 N–H and O–H groups in total. The molecule has 0 aromatic carbocycles. The molecule has 1 aliphatic carbocycles. The maximum Gasteiger partial charge on any atom is 0.326 e. The third-order valence-corrected chi connectivity index (χ3v) is 3.39. The van der Waals surface area contributed by atoms with E-state index in [-0.39, 0.29) is 24.9 Å². The molecule has 0 spiro atoms. The molecule has 0 bridgehead atoms. The molecule has 8 nitrogen and oxygen atoms in total. The summed E-state index contributed by atoms with van der Waals surface area (Å²) in [4.78, 5) is 33.1. The number of hydrogen-bond donors (Lipinski definition) is 5. The van der Waals surface area contributed by atoms with Gasteiger partial charge in [-0.1, -0.05) is 12.8 Å². The molecule has 1 fully saturated rings. The molecule has 8 heteroatoms. The standard InChI is InChI=1S/C12H21N3O5/c13-7-3-1-2-4-8(7)14-12(20)15-9(11(18)19)5-6-10(16)17/h7-9H,1-6,13H2,(H,16,17)(H,18,19)(H2,14,15,20)/t7?,8?,9-/m0/s1. The third kappa shape index (κ3) is 5.43. The monoisotopic (exact) mass is 287 g/mol. The molecule has 0 saturated heterocycles. The molecule has 0 aliphatic heterocycles. The molecule has 0 radical (unpaired) electrons. The normalized spacial score (nSPS) is 23.6. The lowest BCUT2D eigenvalue weighted by Crippen LogP contribution is -2.54. The van der Waals surface area contributed by atoms with Gasteiger partial charge in [0.05, 0.1) is 0 Å². The molecule has 3 atom stereocenters. The second kappa shape index (κ2) is 7.68. The number of carbonyl (C=O) groups excluding carboxylic acids is 1. The van der Waals surface area contributed by atoms with Crippen LogP contribution in [-0.4, -0.2) is 46.3 Å². The zero-order chi connectivity index (χ0) is 15.1. The lowest BCUT2D eigenvalue weighted by atomic mass is 9.91. The van der Waals surface area contributed by atoms with Gasteiger partial charge in [0.15, 0.2) is 0 Å². The van der Waals surface area contributed by atoms with Gasteiger partial charge in [-0.2, -0.15) is 0 Å². The molecule has 0 heterocycles. The largest absolute Gasteiger partial charge is 0.481 e. The highest BCUT2D eigenvalue weighted by Crippen LogP contribution is 2.16. The fourth-order valence-electron chi connectivity index (χ4n) is 2.23. The Hall–Kier alpha value is -1.83. The number of nitrogens with one attached hydrogen (secondary N) is 2. The molecule has 1 saturated carbocycles. The highest BCUT2D eigenvalue weighted by Gasteiger charge is 2.26. The van der Waals surface area contributed by atoms with Crippen molar-refractivity contribution in [3.05, 3.63) is 0 Å². The van der Waals surface area contributed by atoms with Gasteiger partial charge in [-0.05, 0) is 19.3 Å². The summed E-state index contributed by atoms with van der Waals surface area (Å²) in [7, 11) is 0. The lowest BCUT2D eigenvalue weighted by Gasteiger charge is -2.29. The van der Waals surface area contributed by atoms with Crippen molar-refractivity contribution in [2.24, 2.45) is 5.73 Å². The summed E-state index contributed by atoms with van der Waals surface area (Å²) in [5, 5.41) is 22.4. The van der Waals surface area contributed by atoms with Crippen molar-refractivity contribution in [3.63, 3.8) is 0 Å². The van der Waals surface area contributed by atoms with Crippen LogP contribution < -0.4 is 16.4 Å². The number of hydrogen-bond acceptors (Lipinski definition) is 4. The Balaban J connectivity index is 2.44. The summed E-state index contributed by atoms with van der Waals surface area (Å²) in [6, 6.07) is -2.13. The molecule has 0 aromatic heterocycles. The van der Waals surface area contributed by atoms with Crippen molar-refractivity contribution in [1.29, 1.82) is 0 Å². The second-order valence-corrected chi connectivity index (χ2v) is 5.00. The van der Waals surface area contributed by atoms with Crippen LogP contribution >= 0.6 is 0 Å². The van der Waals surface area contributed by atoms with E-state index in [9.17, 15) is 14.4 Å². The highest BCUT2D eigenvalue weighted by atomic mass is 16.4. The molecule has 114 valence electrons. The molecule has 2 unspecified atom stereocenters. The van der Waals surface area contributed by atoms with Crippen LogP contribution in [0.4, 0.5) is 4.79 Å². The second-order valence-electron chi connectivity index (χ2n) is 5.00. The predicted molar refractivity (Wildman–Crippen MR) is 70.2 cm³/mol. The van der Waals surface area contributed by atoms with Crippen molar-refractivity contribution in [2.75, 3.05) is 0 Å². The van der Waals surface area contributed by atoms with Gasteiger partial charge in [0, 0.05) is 18.5 Å². The molecule has 1 rings (SSSR count). The average Bonchev–Trinajstić information content (AvgIpc) is 2.36. The Morgan fingerprint density at radius 2 is 1.85 bits per heavy atom. The summed E-state index contributed by atoms with van der Waals surface area (Å²) in [6.45, 7) is 0. The minimum atomic E-state index is -1.26. The van der Waals surface area contributed by atoms with E-state index in [0.717, 1.165) is 25.7 Å². The van der Waals surface area contributed by atoms with Gasteiger partial charge in [0.25, 0.3) is 0 Å². The van der Waals surface area contributed by atoms with E-state index in [1.54, 1.807) is 0 Å². The maximum atomic E-state index is 11.7. The maximum absolute atomic E-state index is 11.7. The van der Waals surface area contributed by atoms with Crippen LogP contribution in [0.15, 0.2) is 0 Å². The van der Waals surface area contributed by atoms with Crippen LogP contribution in [0.5, 0.6) is 0 Å². The smallest absolute Gasteiger partial charge is 0.326 e. The van der Waals surface area contributed by atoms with Gasteiger partial charge < -0.3 is 26.6 Å². The van der Waals surface area contributed by atoms with Gasteiger partial charge >= 0.3 is 18.0 Å². The number of carboxylic acids is 2. The topological polar surface area (TPSA) is 142 Å². The van der Waals surface area contributed by atoms with Gasteiger partial charge in [0.2, 0.25) is 0 Å². The summed E-state index contributed by atoms with van der Waals surface area (Å²) in [5.41, 5.74) is 5.88. The Bertz CT molecular complexity index is 374. The first-order chi connectivity index (χ1) is 9.40. The van der Waals surface area contributed by atoms with Crippen molar-refractivity contribution >= 4 is 18.0 Å². The van der Waals surface area contributed by atoms with Gasteiger partial charge in [-0.15, -0.1) is 0 Å². The van der Waals surface area contributed by atoms with Crippen molar-refractivity contribution < 1.29 is 24.6 Å². The number of aliphatic carboxylic acids is 2. The highest BCUT2D eigenvalue weighted by molar-refractivity contribution is 5.83. The Labute approximate surface area is 116 Å². The predicted octanol–water partition coefficient (Wildman–Crippen LogP) is -0.126. The molecule has 1 aliphatic rings. The zero-order valence-corrected chi connectivity index (χ0v) is 11.2. The van der Waals surface area contributed by atoms with E-state index in [1.165, 1.54) is 0 Å². The molecule has 2 amide bonds. The number of carbonyl (C=O) groups is 3. The minimum Gasteiger partial charge on any atom is -0.481 e. The van der Waals surface area contributed by atoms with Gasteiger partial charge in [-0.3, -0.25) is 4.79 Å². The van der Waals surface area contributed by atoms with Crippen molar-refractivity contribution in [1.82, 2.24) is 10.6 Å². The Kier molecular flexibility index (Phi) is 6.23. The van der Waals surface area contributed by atoms with E-state index in [2.05, 4.69) is 10.6 Å². The lowest BCUT2D eigenvalue weighted by molar-refractivity contribution is -0.140. The first-order valence-corrected chi connectivity index (χ1v) is 6.67. The third-order valence-electron chi connectivity index (χ3n) is 3.39. The SMILES string of the molecule is NC1CCCCC1NC(=O)N[C@@H](CCC(=O)O)C(=O)O. The number of nitrogens with two attached hydrogens (primary N) is 1. The van der Waals surface area contributed by atoms with Crippen LogP contribution in [0.1, 0.15) is 38.5 Å². The van der Waals surface area contributed by atoms with E-state index < -0.39 is 24.0 Å². The average molecular weight is 287 g/mol. The van der Waals surface area contributed by atoms with Crippen LogP contribution in [0.25, 0.3) is 0 Å². The van der Waals surface area contributed by atoms with Crippen LogP contribution in [-0.2, 0) is 9.59 Å². The quantitative estimate of drug-likeness (QED) is 0.461. The summed E-state index contributed by atoms with van der Waals surface area (Å²) in [5.74, 6) is -2.36. The first kappa shape index (κ1) is 16.2. The summed E-state index contributed by atoms with van der Waals surface area (Å²) >= 11 is 0. The molecule has 0 aromatic rings. The molecule has 20 heavy (non-hydrogen) atoms. The van der Waals surface area contributed by atoms with E-state index >= 15 is 0 Å². The first-order valence-electron chi connectivity index (χ1n) is 6.67. The molecular weight excluding hydrogens is 266 g/mol. The number of carboxylic acid groups (broad SMARTS) is 2. The summed E-state index contributed by atoms with van der Waals surface area (Å²) < 4.78 is 0. The fourth-order valence-corrected chi connectivity index (χ4v) is 2.23. The fraction of sp³-hybridized carbons (Fsp3) is 0.750. The number of rotatable bonds is 6. The van der Waals surface area contributed by atoms with Gasteiger partial charge in [-0.25, -0.2) is 9.59 Å². The van der Waals surface area contributed by atoms with Crippen LogP contribution in [0, 0.1) is 0 Å².